The van der Waals surface area contributed by atoms with Gasteiger partial charge in [-0.05, 0) is 63.1 Å². The van der Waals surface area contributed by atoms with Crippen molar-refractivity contribution in [1.82, 2.24) is 24.5 Å². The fourth-order valence-electron chi connectivity index (χ4n) is 5.44. The Labute approximate surface area is 259 Å². The van der Waals surface area contributed by atoms with Crippen LogP contribution in [-0.2, 0) is 35.3 Å². The molecule has 16 heteroatoms. The lowest BCUT2D eigenvalue weighted by Gasteiger charge is -2.32. The summed E-state index contributed by atoms with van der Waals surface area (Å²) in [5.41, 5.74) is -0.139. The zero-order chi connectivity index (χ0) is 32.8. The number of benzene rings is 1. The first-order valence-electron chi connectivity index (χ1n) is 14.7. The van der Waals surface area contributed by atoms with Gasteiger partial charge in [0.2, 0.25) is 27.8 Å². The fraction of sp³-hybridized carbons (Fsp3) is 0.552. The smallest absolute Gasteiger partial charge is 0.433 e. The molecule has 2 aromatic rings. The minimum Gasteiger partial charge on any atom is -0.467 e. The molecular formula is C29H37F3N6O6S. The fourth-order valence-corrected chi connectivity index (χ4v) is 7.10. The van der Waals surface area contributed by atoms with Crippen LogP contribution in [-0.4, -0.2) is 90.7 Å². The van der Waals surface area contributed by atoms with Crippen LogP contribution in [0.15, 0.2) is 41.4 Å². The first-order chi connectivity index (χ1) is 21.3. The van der Waals surface area contributed by atoms with Crippen LogP contribution in [0.4, 0.5) is 19.1 Å². The van der Waals surface area contributed by atoms with Gasteiger partial charge in [0.1, 0.15) is 17.8 Å². The van der Waals surface area contributed by atoms with Crippen molar-refractivity contribution in [2.24, 2.45) is 5.92 Å². The van der Waals surface area contributed by atoms with Gasteiger partial charge >= 0.3 is 12.1 Å². The number of hydrogen-bond acceptors (Lipinski definition) is 9. The number of esters is 1. The summed E-state index contributed by atoms with van der Waals surface area (Å²) in [5.74, 6) is -1.64. The van der Waals surface area contributed by atoms with Gasteiger partial charge in [0.05, 0.1) is 12.0 Å². The summed E-state index contributed by atoms with van der Waals surface area (Å²) in [5, 5.41) is 5.44. The minimum absolute atomic E-state index is 0.0386. The minimum atomic E-state index is -4.57. The number of hydrogen-bond donors (Lipinski definition) is 2. The number of aromatic nitrogens is 2. The molecule has 2 aliphatic rings. The molecule has 4 rings (SSSR count). The lowest BCUT2D eigenvalue weighted by molar-refractivity contribution is -0.146. The summed E-state index contributed by atoms with van der Waals surface area (Å²) in [6.45, 7) is 3.17. The second-order valence-corrected chi connectivity index (χ2v) is 13.1. The second-order valence-electron chi connectivity index (χ2n) is 11.2. The average molecular weight is 655 g/mol. The van der Waals surface area contributed by atoms with E-state index in [1.54, 1.807) is 17.0 Å². The summed E-state index contributed by atoms with van der Waals surface area (Å²) in [6, 6.07) is 4.98. The van der Waals surface area contributed by atoms with Crippen LogP contribution in [0.5, 0.6) is 0 Å². The topological polar surface area (TPSA) is 151 Å². The molecule has 1 aromatic carbocycles. The number of anilines is 1. The molecule has 0 radical (unpaired) electrons. The zero-order valence-corrected chi connectivity index (χ0v) is 25.9. The average Bonchev–Trinajstić information content (AvgIpc) is 3.53. The number of piperidine rings is 1. The number of carbonyl (C=O) groups is 3. The molecule has 2 atom stereocenters. The summed E-state index contributed by atoms with van der Waals surface area (Å²) >= 11 is 0. The number of halogens is 3. The third-order valence-corrected chi connectivity index (χ3v) is 9.97. The van der Waals surface area contributed by atoms with Gasteiger partial charge in [0, 0.05) is 38.8 Å². The Morgan fingerprint density at radius 2 is 1.76 bits per heavy atom. The highest BCUT2D eigenvalue weighted by Crippen LogP contribution is 2.28. The maximum Gasteiger partial charge on any atom is 0.433 e. The number of carbonyl (C=O) groups excluding carboxylic acids is 3. The van der Waals surface area contributed by atoms with Crippen LogP contribution in [0.3, 0.4) is 0 Å². The van der Waals surface area contributed by atoms with E-state index in [9.17, 15) is 36.0 Å². The van der Waals surface area contributed by atoms with Crippen molar-refractivity contribution in [3.8, 4) is 0 Å². The molecule has 2 fully saturated rings. The predicted molar refractivity (Wildman–Crippen MR) is 156 cm³/mol. The van der Waals surface area contributed by atoms with Crippen molar-refractivity contribution >= 4 is 33.8 Å². The number of ether oxygens (including phenoxy) is 1. The van der Waals surface area contributed by atoms with E-state index >= 15 is 0 Å². The number of alkyl halides is 3. The normalized spacial score (nSPS) is 18.8. The van der Waals surface area contributed by atoms with Crippen LogP contribution in [0.25, 0.3) is 0 Å². The van der Waals surface area contributed by atoms with Gasteiger partial charge < -0.3 is 20.3 Å². The third-order valence-electron chi connectivity index (χ3n) is 8.05. The molecule has 0 saturated carbocycles. The largest absolute Gasteiger partial charge is 0.467 e. The molecule has 2 N–H and O–H groups in total. The van der Waals surface area contributed by atoms with Gasteiger partial charge in [-0.1, -0.05) is 17.7 Å². The van der Waals surface area contributed by atoms with Crippen molar-refractivity contribution in [3.05, 3.63) is 47.8 Å². The number of methoxy groups -OCH3 is 1. The van der Waals surface area contributed by atoms with Gasteiger partial charge in [-0.2, -0.15) is 17.5 Å². The molecule has 2 saturated heterocycles. The summed E-state index contributed by atoms with van der Waals surface area (Å²) in [6.07, 6.45) is -1.67. The Hall–Kier alpha value is -3.79. The molecule has 12 nitrogen and oxygen atoms in total. The molecular weight excluding hydrogens is 617 g/mol. The van der Waals surface area contributed by atoms with Crippen LogP contribution in [0.2, 0.25) is 0 Å². The quantitative estimate of drug-likeness (QED) is 0.349. The van der Waals surface area contributed by atoms with Gasteiger partial charge in [-0.3, -0.25) is 9.59 Å². The Kier molecular flexibility index (Phi) is 11.0. The van der Waals surface area contributed by atoms with E-state index in [1.807, 2.05) is 6.92 Å². The number of amides is 2. The standard InChI is InChI=1S/C29H37F3N6O6S/c1-19-5-7-21(8-6-19)45(42,43)38-15-3-4-23(38)26(40)35-22(27(41)44-2)9-10-25(39)37-16-12-20(13-17-37)18-34-28-33-14-11-24(36-28)29(30,31)32/h5-8,11,14,20,22-23H,3-4,9-10,12-13,15-18H2,1-2H3,(H,35,40)(H,33,34,36)/t22-,23-/m0/s1. The molecule has 3 heterocycles. The lowest BCUT2D eigenvalue weighted by Crippen LogP contribution is -2.51. The zero-order valence-electron chi connectivity index (χ0n) is 25.0. The monoisotopic (exact) mass is 654 g/mol. The highest BCUT2D eigenvalue weighted by molar-refractivity contribution is 7.89. The SMILES string of the molecule is COC(=O)[C@H](CCC(=O)N1CCC(CNc2nccc(C(F)(F)F)n2)CC1)NC(=O)[C@@H]1CCCN1S(=O)(=O)c1ccc(C)cc1. The number of rotatable bonds is 11. The summed E-state index contributed by atoms with van der Waals surface area (Å²) < 4.78 is 71.2. The molecule has 1 aromatic heterocycles. The molecule has 0 unspecified atom stereocenters. The molecule has 0 bridgehead atoms. The van der Waals surface area contributed by atoms with Gasteiger partial charge in [0.15, 0.2) is 0 Å². The van der Waals surface area contributed by atoms with Crippen LogP contribution < -0.4 is 10.6 Å². The highest BCUT2D eigenvalue weighted by atomic mass is 32.2. The third kappa shape index (κ3) is 8.69. The maximum absolute atomic E-state index is 13.3. The number of nitrogens with one attached hydrogen (secondary N) is 2. The number of aryl methyl sites for hydroxylation is 1. The summed E-state index contributed by atoms with van der Waals surface area (Å²) in [7, 11) is -2.78. The first-order valence-corrected chi connectivity index (χ1v) is 16.1. The van der Waals surface area contributed by atoms with Gasteiger partial charge in [-0.15, -0.1) is 0 Å². The van der Waals surface area contributed by atoms with Crippen molar-refractivity contribution in [2.45, 2.75) is 68.6 Å². The molecule has 2 amide bonds. The van der Waals surface area contributed by atoms with Crippen molar-refractivity contribution < 1.29 is 40.7 Å². The molecule has 2 aliphatic heterocycles. The highest BCUT2D eigenvalue weighted by Gasteiger charge is 2.41. The Morgan fingerprint density at radius 1 is 1.07 bits per heavy atom. The van der Waals surface area contributed by atoms with E-state index < -0.39 is 45.9 Å². The van der Waals surface area contributed by atoms with E-state index in [1.165, 1.54) is 12.1 Å². The molecule has 45 heavy (non-hydrogen) atoms. The predicted octanol–water partition coefficient (Wildman–Crippen LogP) is 2.75. The van der Waals surface area contributed by atoms with E-state index in [4.69, 9.17) is 4.74 Å². The second kappa shape index (κ2) is 14.5. The van der Waals surface area contributed by atoms with Crippen molar-refractivity contribution in [2.75, 3.05) is 38.6 Å². The van der Waals surface area contributed by atoms with Gasteiger partial charge in [-0.25, -0.2) is 23.2 Å². The Morgan fingerprint density at radius 3 is 2.40 bits per heavy atom. The van der Waals surface area contributed by atoms with E-state index in [2.05, 4.69) is 20.6 Å². The maximum atomic E-state index is 13.3. The van der Waals surface area contributed by atoms with Crippen LogP contribution in [0.1, 0.15) is 49.8 Å². The van der Waals surface area contributed by atoms with E-state index in [0.29, 0.717) is 38.9 Å². The number of likely N-dealkylation sites (tertiary alicyclic amines) is 1. The Bertz CT molecular complexity index is 1470. The molecule has 0 spiro atoms. The van der Waals surface area contributed by atoms with E-state index in [0.717, 1.165) is 29.2 Å². The summed E-state index contributed by atoms with van der Waals surface area (Å²) in [4.78, 5) is 47.8. The number of sulfonamides is 1. The van der Waals surface area contributed by atoms with E-state index in [-0.39, 0.29) is 48.5 Å². The lowest BCUT2D eigenvalue weighted by atomic mass is 9.96. The van der Waals surface area contributed by atoms with Crippen molar-refractivity contribution in [3.63, 3.8) is 0 Å². The first kappa shape index (κ1) is 34.1. The Balaban J connectivity index is 1.27. The van der Waals surface area contributed by atoms with Crippen LogP contribution in [0, 0.1) is 12.8 Å². The van der Waals surface area contributed by atoms with Gasteiger partial charge in [0.25, 0.3) is 0 Å². The molecule has 0 aliphatic carbocycles. The molecule has 246 valence electrons. The number of nitrogens with zero attached hydrogens (tertiary/aromatic N) is 4. The van der Waals surface area contributed by atoms with Crippen molar-refractivity contribution in [1.29, 1.82) is 0 Å². The van der Waals surface area contributed by atoms with Crippen LogP contribution >= 0.6 is 0 Å².